The minimum absolute atomic E-state index is 0.0703. The molecule has 1 rings (SSSR count). The quantitative estimate of drug-likeness (QED) is 0.776. The zero-order chi connectivity index (χ0) is 12.8. The van der Waals surface area contributed by atoms with Crippen molar-refractivity contribution in [2.75, 3.05) is 24.6 Å². The summed E-state index contributed by atoms with van der Waals surface area (Å²) < 4.78 is 24.6. The summed E-state index contributed by atoms with van der Waals surface area (Å²) in [6.07, 6.45) is -2.46. The summed E-state index contributed by atoms with van der Waals surface area (Å²) in [5.74, 6) is -0.0703. The Labute approximate surface area is 98.7 Å². The van der Waals surface area contributed by atoms with Gasteiger partial charge in [-0.05, 0) is 31.2 Å². The standard InChI is InChI=1S/C12H15F2NO2/c1-9(17)10-2-4-11(5-3-10)15(6-7-16)8-12(13)14/h2-5,12,16H,6-8H2,1H3. The number of hydrogen-bond acceptors (Lipinski definition) is 3. The zero-order valence-electron chi connectivity index (χ0n) is 9.57. The normalized spacial score (nSPS) is 10.6. The number of anilines is 1. The van der Waals surface area contributed by atoms with Gasteiger partial charge < -0.3 is 10.0 Å². The van der Waals surface area contributed by atoms with Crippen molar-refractivity contribution in [2.45, 2.75) is 13.3 Å². The molecule has 0 saturated heterocycles. The molecule has 1 aromatic rings. The van der Waals surface area contributed by atoms with Crippen LogP contribution < -0.4 is 4.90 Å². The highest BCUT2D eigenvalue weighted by Crippen LogP contribution is 2.16. The lowest BCUT2D eigenvalue weighted by atomic mass is 10.1. The van der Waals surface area contributed by atoms with Crippen LogP contribution in [0.3, 0.4) is 0 Å². The molecule has 94 valence electrons. The number of ketones is 1. The van der Waals surface area contributed by atoms with Gasteiger partial charge in [0.2, 0.25) is 0 Å². The molecule has 0 bridgehead atoms. The van der Waals surface area contributed by atoms with E-state index in [9.17, 15) is 13.6 Å². The highest BCUT2D eigenvalue weighted by Gasteiger charge is 2.12. The summed E-state index contributed by atoms with van der Waals surface area (Å²) in [4.78, 5) is 12.4. The van der Waals surface area contributed by atoms with Gasteiger partial charge in [0.05, 0.1) is 13.2 Å². The molecule has 0 aliphatic rings. The van der Waals surface area contributed by atoms with Crippen molar-refractivity contribution in [1.82, 2.24) is 0 Å². The van der Waals surface area contributed by atoms with E-state index < -0.39 is 13.0 Å². The maximum atomic E-state index is 12.3. The number of benzene rings is 1. The minimum Gasteiger partial charge on any atom is -0.395 e. The molecule has 0 aliphatic heterocycles. The van der Waals surface area contributed by atoms with Crippen LogP contribution in [0.25, 0.3) is 0 Å². The van der Waals surface area contributed by atoms with Crippen molar-refractivity contribution in [3.63, 3.8) is 0 Å². The van der Waals surface area contributed by atoms with Gasteiger partial charge in [-0.2, -0.15) is 0 Å². The topological polar surface area (TPSA) is 40.5 Å². The number of Topliss-reactive ketones (excluding diaryl/α,β-unsaturated/α-hetero) is 1. The maximum absolute atomic E-state index is 12.3. The fraction of sp³-hybridized carbons (Fsp3) is 0.417. The molecule has 0 spiro atoms. The molecule has 0 fully saturated rings. The number of nitrogens with zero attached hydrogens (tertiary/aromatic N) is 1. The molecule has 0 heterocycles. The predicted octanol–water partition coefficient (Wildman–Crippen LogP) is 1.95. The highest BCUT2D eigenvalue weighted by atomic mass is 19.3. The van der Waals surface area contributed by atoms with Crippen LogP contribution in [0.4, 0.5) is 14.5 Å². The Morgan fingerprint density at radius 2 is 1.94 bits per heavy atom. The van der Waals surface area contributed by atoms with Gasteiger partial charge in [-0.1, -0.05) is 0 Å². The van der Waals surface area contributed by atoms with Crippen LogP contribution in [0.5, 0.6) is 0 Å². The SMILES string of the molecule is CC(=O)c1ccc(N(CCO)CC(F)F)cc1. The van der Waals surface area contributed by atoms with Crippen molar-refractivity contribution < 1.29 is 18.7 Å². The number of carbonyl (C=O) groups excluding carboxylic acids is 1. The van der Waals surface area contributed by atoms with Gasteiger partial charge in [0, 0.05) is 17.8 Å². The van der Waals surface area contributed by atoms with Gasteiger partial charge in [0.25, 0.3) is 6.43 Å². The van der Waals surface area contributed by atoms with Gasteiger partial charge in [0.15, 0.2) is 5.78 Å². The van der Waals surface area contributed by atoms with E-state index in [1.165, 1.54) is 11.8 Å². The smallest absolute Gasteiger partial charge is 0.255 e. The largest absolute Gasteiger partial charge is 0.395 e. The Balaban J connectivity index is 2.83. The summed E-state index contributed by atoms with van der Waals surface area (Å²) in [6.45, 7) is 0.963. The lowest BCUT2D eigenvalue weighted by Gasteiger charge is -2.23. The van der Waals surface area contributed by atoms with Crippen molar-refractivity contribution in [2.24, 2.45) is 0 Å². The van der Waals surface area contributed by atoms with Gasteiger partial charge in [-0.25, -0.2) is 8.78 Å². The summed E-state index contributed by atoms with van der Waals surface area (Å²) in [5, 5.41) is 8.81. The first-order valence-electron chi connectivity index (χ1n) is 5.29. The Morgan fingerprint density at radius 1 is 1.35 bits per heavy atom. The average Bonchev–Trinajstić information content (AvgIpc) is 2.28. The number of rotatable bonds is 6. The second kappa shape index (κ2) is 6.30. The minimum atomic E-state index is -2.46. The Bertz CT molecular complexity index is 365. The Morgan fingerprint density at radius 3 is 2.35 bits per heavy atom. The van der Waals surface area contributed by atoms with E-state index in [1.54, 1.807) is 24.3 Å². The van der Waals surface area contributed by atoms with E-state index in [-0.39, 0.29) is 18.9 Å². The van der Waals surface area contributed by atoms with Crippen molar-refractivity contribution >= 4 is 11.5 Å². The molecule has 0 atom stereocenters. The van der Waals surface area contributed by atoms with E-state index in [0.717, 1.165) is 0 Å². The molecular weight excluding hydrogens is 228 g/mol. The lowest BCUT2D eigenvalue weighted by molar-refractivity contribution is 0.101. The first kappa shape index (κ1) is 13.6. The molecule has 17 heavy (non-hydrogen) atoms. The Kier molecular flexibility index (Phi) is 5.03. The lowest BCUT2D eigenvalue weighted by Crippen LogP contribution is -2.31. The first-order chi connectivity index (χ1) is 8.04. The third-order valence-corrected chi connectivity index (χ3v) is 2.37. The molecule has 0 aliphatic carbocycles. The van der Waals surface area contributed by atoms with Crippen LogP contribution in [-0.2, 0) is 0 Å². The Hall–Kier alpha value is -1.49. The second-order valence-electron chi connectivity index (χ2n) is 3.66. The molecule has 0 saturated carbocycles. The fourth-order valence-electron chi connectivity index (χ4n) is 1.52. The first-order valence-corrected chi connectivity index (χ1v) is 5.29. The molecule has 1 aromatic carbocycles. The van der Waals surface area contributed by atoms with E-state index in [0.29, 0.717) is 11.3 Å². The van der Waals surface area contributed by atoms with Gasteiger partial charge >= 0.3 is 0 Å². The molecule has 5 heteroatoms. The molecule has 3 nitrogen and oxygen atoms in total. The van der Waals surface area contributed by atoms with Crippen LogP contribution in [0.2, 0.25) is 0 Å². The summed E-state index contributed by atoms with van der Waals surface area (Å²) in [6, 6.07) is 6.39. The van der Waals surface area contributed by atoms with Gasteiger partial charge in [-0.3, -0.25) is 4.79 Å². The predicted molar refractivity (Wildman–Crippen MR) is 61.7 cm³/mol. The number of alkyl halides is 2. The molecule has 0 unspecified atom stereocenters. The van der Waals surface area contributed by atoms with Crippen LogP contribution in [0, 0.1) is 0 Å². The monoisotopic (exact) mass is 243 g/mol. The molecule has 0 aromatic heterocycles. The van der Waals surface area contributed by atoms with Crippen LogP contribution in [-0.4, -0.2) is 37.0 Å². The van der Waals surface area contributed by atoms with Gasteiger partial charge in [-0.15, -0.1) is 0 Å². The van der Waals surface area contributed by atoms with Crippen LogP contribution in [0.1, 0.15) is 17.3 Å². The third kappa shape index (κ3) is 4.11. The number of carbonyl (C=O) groups is 1. The highest BCUT2D eigenvalue weighted by molar-refractivity contribution is 5.94. The molecule has 0 radical (unpaired) electrons. The summed E-state index contributed by atoms with van der Waals surface area (Å²) in [5.41, 5.74) is 1.11. The fourth-order valence-corrected chi connectivity index (χ4v) is 1.52. The van der Waals surface area contributed by atoms with Crippen molar-refractivity contribution in [3.05, 3.63) is 29.8 Å². The van der Waals surface area contributed by atoms with E-state index in [1.807, 2.05) is 0 Å². The van der Waals surface area contributed by atoms with Crippen LogP contribution >= 0.6 is 0 Å². The zero-order valence-corrected chi connectivity index (χ0v) is 9.57. The molecule has 0 amide bonds. The van der Waals surface area contributed by atoms with E-state index in [4.69, 9.17) is 5.11 Å². The number of hydrogen-bond donors (Lipinski definition) is 1. The van der Waals surface area contributed by atoms with E-state index in [2.05, 4.69) is 0 Å². The van der Waals surface area contributed by atoms with Crippen LogP contribution in [0.15, 0.2) is 24.3 Å². The summed E-state index contributed by atoms with van der Waals surface area (Å²) in [7, 11) is 0. The molecular formula is C12H15F2NO2. The third-order valence-electron chi connectivity index (χ3n) is 2.37. The maximum Gasteiger partial charge on any atom is 0.255 e. The number of aliphatic hydroxyl groups excluding tert-OH is 1. The molecule has 1 N–H and O–H groups in total. The van der Waals surface area contributed by atoms with Gasteiger partial charge in [0.1, 0.15) is 0 Å². The van der Waals surface area contributed by atoms with Crippen molar-refractivity contribution in [3.8, 4) is 0 Å². The van der Waals surface area contributed by atoms with E-state index >= 15 is 0 Å². The second-order valence-corrected chi connectivity index (χ2v) is 3.66. The summed E-state index contributed by atoms with van der Waals surface area (Å²) >= 11 is 0. The van der Waals surface area contributed by atoms with Crippen molar-refractivity contribution in [1.29, 1.82) is 0 Å². The number of halogens is 2. The number of aliphatic hydroxyl groups is 1. The average molecular weight is 243 g/mol.